The van der Waals surface area contributed by atoms with Crippen molar-refractivity contribution in [3.8, 4) is 23.3 Å². The molecule has 180 valence electrons. The highest BCUT2D eigenvalue weighted by molar-refractivity contribution is 5.74. The number of aliphatic hydroxyl groups is 1. The maximum atomic E-state index is 10.7. The van der Waals surface area contributed by atoms with Gasteiger partial charge in [0.15, 0.2) is 0 Å². The summed E-state index contributed by atoms with van der Waals surface area (Å²) in [6, 6.07) is 10.1. The maximum absolute atomic E-state index is 10.7. The van der Waals surface area contributed by atoms with E-state index in [1.54, 1.807) is 18.3 Å². The van der Waals surface area contributed by atoms with Crippen LogP contribution in [-0.4, -0.2) is 57.7 Å². The van der Waals surface area contributed by atoms with Crippen LogP contribution in [0.1, 0.15) is 37.3 Å². The van der Waals surface area contributed by atoms with Gasteiger partial charge in [-0.3, -0.25) is 4.40 Å². The first-order valence-corrected chi connectivity index (χ1v) is 12.2. The molecule has 0 spiro atoms. The summed E-state index contributed by atoms with van der Waals surface area (Å²) in [4.78, 5) is 12.1. The molecule has 2 atom stereocenters. The number of nitrogens with zero attached hydrogens (tertiary/aromatic N) is 5. The number of allylic oxidation sites excluding steroid dienone is 3. The van der Waals surface area contributed by atoms with Gasteiger partial charge in [0.2, 0.25) is 0 Å². The molecule has 1 unspecified atom stereocenters. The highest BCUT2D eigenvalue weighted by Gasteiger charge is 2.36. The van der Waals surface area contributed by atoms with Crippen molar-refractivity contribution in [2.45, 2.75) is 31.6 Å². The number of fused-ring (bicyclic) bond motifs is 1. The molecular weight excluding hydrogens is 438 g/mol. The van der Waals surface area contributed by atoms with E-state index in [9.17, 15) is 10.4 Å². The molecule has 7 heteroatoms. The number of aromatic nitrogens is 3. The van der Waals surface area contributed by atoms with E-state index >= 15 is 0 Å². The van der Waals surface area contributed by atoms with Gasteiger partial charge in [-0.1, -0.05) is 35.9 Å². The van der Waals surface area contributed by atoms with Crippen molar-refractivity contribution >= 4 is 5.65 Å². The maximum Gasteiger partial charge on any atom is 0.302 e. The van der Waals surface area contributed by atoms with Crippen LogP contribution in [0.2, 0.25) is 0 Å². The summed E-state index contributed by atoms with van der Waals surface area (Å²) in [5, 5.41) is 20.0. The van der Waals surface area contributed by atoms with E-state index < -0.39 is 5.41 Å². The Kier molecular flexibility index (Phi) is 6.42. The first kappa shape index (κ1) is 23.3. The molecule has 1 fully saturated rings. The lowest BCUT2D eigenvalue weighted by atomic mass is 9.74. The summed E-state index contributed by atoms with van der Waals surface area (Å²) in [6.45, 7) is 4.71. The number of benzene rings is 1. The van der Waals surface area contributed by atoms with Gasteiger partial charge in [-0.25, -0.2) is 4.98 Å². The van der Waals surface area contributed by atoms with Crippen LogP contribution in [0.15, 0.2) is 60.5 Å². The van der Waals surface area contributed by atoms with Gasteiger partial charge in [-0.05, 0) is 51.9 Å². The van der Waals surface area contributed by atoms with Crippen LogP contribution in [0, 0.1) is 17.2 Å². The molecule has 0 bridgehead atoms. The third-order valence-corrected chi connectivity index (χ3v) is 7.21. The normalized spacial score (nSPS) is 22.7. The number of imidazole rings is 1. The molecular formula is C28H31N5O2. The summed E-state index contributed by atoms with van der Waals surface area (Å²) in [5.74, 6) is 0.449. The Bertz CT molecular complexity index is 1320. The fourth-order valence-electron chi connectivity index (χ4n) is 5.18. The molecule has 35 heavy (non-hydrogen) atoms. The highest BCUT2D eigenvalue weighted by atomic mass is 16.5. The Morgan fingerprint density at radius 1 is 1.29 bits per heavy atom. The van der Waals surface area contributed by atoms with Gasteiger partial charge in [0.25, 0.3) is 0 Å². The average Bonchev–Trinajstić information content (AvgIpc) is 3.38. The molecule has 2 aliphatic rings. The molecule has 0 amide bonds. The lowest BCUT2D eigenvalue weighted by Crippen LogP contribution is -2.35. The molecule has 2 aromatic heterocycles. The molecule has 1 aliphatic heterocycles. The van der Waals surface area contributed by atoms with Crippen molar-refractivity contribution in [3.05, 3.63) is 71.6 Å². The van der Waals surface area contributed by atoms with E-state index in [1.807, 2.05) is 28.8 Å². The first-order valence-electron chi connectivity index (χ1n) is 12.2. The minimum absolute atomic E-state index is 0.0740. The summed E-state index contributed by atoms with van der Waals surface area (Å²) in [5.41, 5.74) is 4.25. The van der Waals surface area contributed by atoms with Crippen LogP contribution in [0.4, 0.5) is 0 Å². The second-order valence-electron chi connectivity index (χ2n) is 9.81. The molecule has 5 rings (SSSR count). The summed E-state index contributed by atoms with van der Waals surface area (Å²) < 4.78 is 8.23. The van der Waals surface area contributed by atoms with Crippen LogP contribution >= 0.6 is 0 Å². The third kappa shape index (κ3) is 4.47. The smallest absolute Gasteiger partial charge is 0.302 e. The molecule has 1 N–H and O–H groups in total. The minimum Gasteiger partial charge on any atom is -0.464 e. The number of ether oxygens (including phenoxy) is 1. The number of nitriles is 1. The van der Waals surface area contributed by atoms with Gasteiger partial charge < -0.3 is 14.7 Å². The topological polar surface area (TPSA) is 86.7 Å². The number of likely N-dealkylation sites (tertiary alicyclic amines) is 1. The zero-order valence-electron chi connectivity index (χ0n) is 20.3. The Morgan fingerprint density at radius 3 is 2.80 bits per heavy atom. The predicted octanol–water partition coefficient (Wildman–Crippen LogP) is 4.12. The quantitative estimate of drug-likeness (QED) is 0.584. The molecule has 3 aromatic rings. The summed E-state index contributed by atoms with van der Waals surface area (Å²) in [7, 11) is 2.15. The number of rotatable bonds is 6. The van der Waals surface area contributed by atoms with Crippen molar-refractivity contribution in [1.29, 1.82) is 5.26 Å². The molecule has 1 saturated heterocycles. The first-order chi connectivity index (χ1) is 17.0. The van der Waals surface area contributed by atoms with Crippen LogP contribution in [0.3, 0.4) is 0 Å². The van der Waals surface area contributed by atoms with Crippen molar-refractivity contribution in [2.75, 3.05) is 33.4 Å². The third-order valence-electron chi connectivity index (χ3n) is 7.21. The van der Waals surface area contributed by atoms with Crippen molar-refractivity contribution < 1.29 is 9.84 Å². The largest absolute Gasteiger partial charge is 0.464 e. The van der Waals surface area contributed by atoms with Crippen molar-refractivity contribution in [1.82, 2.24) is 19.3 Å². The second-order valence-corrected chi connectivity index (χ2v) is 9.81. The fraction of sp³-hybridized carbons (Fsp3) is 0.393. The van der Waals surface area contributed by atoms with Gasteiger partial charge in [0, 0.05) is 41.4 Å². The molecule has 1 aromatic carbocycles. The monoisotopic (exact) mass is 469 g/mol. The lowest BCUT2D eigenvalue weighted by Gasteiger charge is -2.33. The Morgan fingerprint density at radius 2 is 2.11 bits per heavy atom. The van der Waals surface area contributed by atoms with Crippen molar-refractivity contribution in [3.63, 3.8) is 0 Å². The highest BCUT2D eigenvalue weighted by Crippen LogP contribution is 2.42. The van der Waals surface area contributed by atoms with E-state index in [0.717, 1.165) is 42.0 Å². The van der Waals surface area contributed by atoms with E-state index in [1.165, 1.54) is 12.0 Å². The molecule has 0 radical (unpaired) electrons. The van der Waals surface area contributed by atoms with E-state index in [0.29, 0.717) is 30.5 Å². The van der Waals surface area contributed by atoms with E-state index in [2.05, 4.69) is 37.1 Å². The zero-order chi connectivity index (χ0) is 24.4. The molecule has 7 nitrogen and oxygen atoms in total. The summed E-state index contributed by atoms with van der Waals surface area (Å²) in [6.07, 6.45) is 12.8. The average molecular weight is 470 g/mol. The fourth-order valence-corrected chi connectivity index (χ4v) is 5.18. The van der Waals surface area contributed by atoms with Gasteiger partial charge in [0.05, 0.1) is 30.5 Å². The van der Waals surface area contributed by atoms with Crippen LogP contribution < -0.4 is 4.74 Å². The number of aliphatic hydroxyl groups excluding tert-OH is 1. The number of hydrogen-bond donors (Lipinski definition) is 1. The van der Waals surface area contributed by atoms with Crippen LogP contribution in [0.5, 0.6) is 6.01 Å². The Balaban J connectivity index is 1.64. The minimum atomic E-state index is -0.660. The molecule has 3 heterocycles. The van der Waals surface area contributed by atoms with E-state index in [4.69, 9.17) is 14.7 Å². The zero-order valence-corrected chi connectivity index (χ0v) is 20.3. The van der Waals surface area contributed by atoms with Crippen LogP contribution in [0.25, 0.3) is 16.9 Å². The number of hydrogen-bond acceptors (Lipinski definition) is 6. The molecule has 1 aliphatic carbocycles. The van der Waals surface area contributed by atoms with Gasteiger partial charge in [-0.2, -0.15) is 10.2 Å². The van der Waals surface area contributed by atoms with Gasteiger partial charge in [-0.15, -0.1) is 0 Å². The second kappa shape index (κ2) is 9.65. The Hall–Kier alpha value is -3.47. The lowest BCUT2D eigenvalue weighted by molar-refractivity contribution is 0.143. The van der Waals surface area contributed by atoms with Crippen molar-refractivity contribution in [2.24, 2.45) is 5.92 Å². The predicted molar refractivity (Wildman–Crippen MR) is 135 cm³/mol. The Labute approximate surface area is 206 Å². The standard InChI is InChI=1S/C28H31N5O2/c1-20-9-11-28(19-34,12-10-20)24-25(23-7-5-21(16-29)6-8-23)31-27(33-15-13-30-26(24)33)35-18-22-4-3-14-32(2)17-22/h5-11,13,15,22,34H,3-4,12,14,17-19H2,1-2H3/t22-,28?/m1/s1. The van der Waals surface area contributed by atoms with Gasteiger partial charge >= 0.3 is 6.01 Å². The summed E-state index contributed by atoms with van der Waals surface area (Å²) >= 11 is 0. The van der Waals surface area contributed by atoms with E-state index in [-0.39, 0.29) is 6.61 Å². The number of piperidine rings is 1. The molecule has 0 saturated carbocycles. The SMILES string of the molecule is CC1=CCC(CO)(c2c(-c3ccc(C#N)cc3)nc(OC[C@@H]3CCCN(C)C3)n3ccnc23)C=C1. The van der Waals surface area contributed by atoms with Crippen LogP contribution in [-0.2, 0) is 5.41 Å². The van der Waals surface area contributed by atoms with Gasteiger partial charge in [0.1, 0.15) is 5.65 Å².